The zero-order valence-electron chi connectivity index (χ0n) is 19.9. The van der Waals surface area contributed by atoms with Gasteiger partial charge in [0, 0.05) is 48.2 Å². The van der Waals surface area contributed by atoms with Crippen LogP contribution in [-0.4, -0.2) is 87.4 Å². The van der Waals surface area contributed by atoms with Crippen LogP contribution in [0.4, 0.5) is 0 Å². The Morgan fingerprint density at radius 3 is 2.60 bits per heavy atom. The van der Waals surface area contributed by atoms with Gasteiger partial charge in [-0.3, -0.25) is 19.2 Å². The van der Waals surface area contributed by atoms with Crippen molar-refractivity contribution in [2.75, 3.05) is 19.6 Å². The van der Waals surface area contributed by atoms with Gasteiger partial charge in [0.15, 0.2) is 0 Å². The van der Waals surface area contributed by atoms with E-state index in [1.54, 1.807) is 11.8 Å². The Kier molecular flexibility index (Phi) is 7.26. The number of Topliss-reactive ketones (excluding diaryl/α,β-unsaturated/α-hetero) is 1. The first-order chi connectivity index (χ1) is 16.5. The van der Waals surface area contributed by atoms with Crippen molar-refractivity contribution in [2.24, 2.45) is 29.2 Å². The molecular formula is C23H33N5O6S. The topological polar surface area (TPSA) is 176 Å². The summed E-state index contributed by atoms with van der Waals surface area (Å²) in [5.74, 6) is -3.51. The van der Waals surface area contributed by atoms with Gasteiger partial charge in [-0.1, -0.05) is 13.8 Å². The molecule has 0 aliphatic carbocycles. The number of ketones is 1. The molecule has 0 spiro atoms. The minimum Gasteiger partial charge on any atom is -0.477 e. The van der Waals surface area contributed by atoms with E-state index in [0.717, 1.165) is 6.42 Å². The van der Waals surface area contributed by atoms with Crippen molar-refractivity contribution in [1.82, 2.24) is 15.1 Å². The lowest BCUT2D eigenvalue weighted by molar-refractivity contribution is -0.160. The van der Waals surface area contributed by atoms with E-state index in [-0.39, 0.29) is 71.3 Å². The lowest BCUT2D eigenvalue weighted by Crippen LogP contribution is -2.62. The van der Waals surface area contributed by atoms with Crippen LogP contribution in [0.2, 0.25) is 0 Å². The van der Waals surface area contributed by atoms with Gasteiger partial charge < -0.3 is 31.7 Å². The van der Waals surface area contributed by atoms with Crippen LogP contribution in [0.3, 0.4) is 0 Å². The molecule has 0 aromatic rings. The van der Waals surface area contributed by atoms with Crippen LogP contribution in [0.1, 0.15) is 39.5 Å². The maximum absolute atomic E-state index is 13.0. The number of aliphatic carboxylic acids is 1. The van der Waals surface area contributed by atoms with Gasteiger partial charge in [-0.15, -0.1) is 11.8 Å². The maximum atomic E-state index is 13.0. The van der Waals surface area contributed by atoms with Crippen LogP contribution in [0, 0.1) is 17.8 Å². The normalized spacial score (nSPS) is 33.1. The van der Waals surface area contributed by atoms with Crippen molar-refractivity contribution < 1.29 is 29.1 Å². The van der Waals surface area contributed by atoms with Gasteiger partial charge in [-0.25, -0.2) is 4.79 Å². The van der Waals surface area contributed by atoms with E-state index in [0.29, 0.717) is 31.0 Å². The molecule has 7 atom stereocenters. The molecule has 4 aliphatic rings. The zero-order chi connectivity index (χ0) is 25.6. The van der Waals surface area contributed by atoms with E-state index in [2.05, 4.69) is 5.32 Å². The monoisotopic (exact) mass is 507 g/mol. The van der Waals surface area contributed by atoms with E-state index < -0.39 is 17.8 Å². The minimum absolute atomic E-state index is 0.00436. The second kappa shape index (κ2) is 9.90. The van der Waals surface area contributed by atoms with Crippen LogP contribution in [-0.2, 0) is 24.0 Å². The van der Waals surface area contributed by atoms with Gasteiger partial charge in [0.05, 0.1) is 24.4 Å². The predicted octanol–water partition coefficient (Wildman–Crippen LogP) is -0.747. The molecule has 192 valence electrons. The Balaban J connectivity index is 1.43. The highest BCUT2D eigenvalue weighted by Crippen LogP contribution is 2.53. The molecule has 0 bridgehead atoms. The molecule has 0 unspecified atom stereocenters. The van der Waals surface area contributed by atoms with Gasteiger partial charge in [0.2, 0.25) is 17.7 Å². The van der Waals surface area contributed by atoms with Crippen LogP contribution >= 0.6 is 11.8 Å². The summed E-state index contributed by atoms with van der Waals surface area (Å²) in [6.07, 6.45) is 1.03. The molecule has 3 amide bonds. The number of carbonyl (C=O) groups is 5. The van der Waals surface area contributed by atoms with E-state index in [9.17, 15) is 29.1 Å². The van der Waals surface area contributed by atoms with Crippen molar-refractivity contribution >= 4 is 41.2 Å². The number of hydrogen-bond donors (Lipinski definition) is 4. The summed E-state index contributed by atoms with van der Waals surface area (Å²) < 4.78 is 0. The molecule has 4 aliphatic heterocycles. The number of amides is 3. The largest absolute Gasteiger partial charge is 0.477 e. The van der Waals surface area contributed by atoms with Crippen LogP contribution in [0.5, 0.6) is 0 Å². The Bertz CT molecular complexity index is 985. The number of fused-ring (bicyclic) bond motifs is 1. The van der Waals surface area contributed by atoms with Crippen molar-refractivity contribution in [1.29, 1.82) is 0 Å². The SMILES string of the molecule is C[C@@H](CC(=O)CC(N)=O)[C@H]1C(=O)N2C(C(=O)O)=C(S[C@@H]3CN[C@H](C(=O)N4CC[C@@H](N)C4)C3)[C@H](C)[C@H]12. The van der Waals surface area contributed by atoms with Gasteiger partial charge in [-0.05, 0) is 18.8 Å². The molecule has 4 rings (SSSR count). The third-order valence-corrected chi connectivity index (χ3v) is 9.06. The summed E-state index contributed by atoms with van der Waals surface area (Å²) >= 11 is 1.43. The lowest BCUT2D eigenvalue weighted by Gasteiger charge is -2.47. The molecule has 11 nitrogen and oxygen atoms in total. The summed E-state index contributed by atoms with van der Waals surface area (Å²) in [6, 6.07) is -0.659. The molecule has 0 aromatic carbocycles. The number of carbonyl (C=O) groups excluding carboxylic acids is 4. The minimum atomic E-state index is -1.16. The number of primary amides is 1. The average Bonchev–Trinajstić information content (AvgIpc) is 3.45. The number of rotatable bonds is 9. The fourth-order valence-corrected chi connectivity index (χ4v) is 7.37. The van der Waals surface area contributed by atoms with E-state index in [1.807, 2.05) is 6.92 Å². The van der Waals surface area contributed by atoms with Crippen molar-refractivity contribution in [2.45, 2.75) is 62.9 Å². The second-order valence-electron chi connectivity index (χ2n) is 10.2. The van der Waals surface area contributed by atoms with E-state index >= 15 is 0 Å². The van der Waals surface area contributed by atoms with Crippen molar-refractivity contribution in [3.8, 4) is 0 Å². The lowest BCUT2D eigenvalue weighted by atomic mass is 9.73. The van der Waals surface area contributed by atoms with Crippen LogP contribution in [0.25, 0.3) is 0 Å². The highest BCUT2D eigenvalue weighted by molar-refractivity contribution is 8.03. The third-order valence-electron chi connectivity index (χ3n) is 7.54. The van der Waals surface area contributed by atoms with Gasteiger partial charge >= 0.3 is 5.97 Å². The molecule has 0 saturated carbocycles. The first-order valence-electron chi connectivity index (χ1n) is 12.0. The number of carboxylic acids is 1. The Morgan fingerprint density at radius 2 is 2.00 bits per heavy atom. The fraction of sp³-hybridized carbons (Fsp3) is 0.696. The molecule has 3 fully saturated rings. The van der Waals surface area contributed by atoms with Crippen molar-refractivity contribution in [3.63, 3.8) is 0 Å². The second-order valence-corrected chi connectivity index (χ2v) is 11.5. The Morgan fingerprint density at radius 1 is 1.29 bits per heavy atom. The number of β-lactam (4-membered cyclic amide) rings is 1. The summed E-state index contributed by atoms with van der Waals surface area (Å²) in [4.78, 5) is 64.9. The number of nitrogens with one attached hydrogen (secondary N) is 1. The zero-order valence-corrected chi connectivity index (χ0v) is 20.8. The summed E-state index contributed by atoms with van der Waals surface area (Å²) in [5, 5.41) is 13.2. The third kappa shape index (κ3) is 4.83. The van der Waals surface area contributed by atoms with E-state index in [4.69, 9.17) is 11.5 Å². The molecule has 0 radical (unpaired) electrons. The molecule has 12 heteroatoms. The number of likely N-dealkylation sites (tertiary alicyclic amines) is 1. The van der Waals surface area contributed by atoms with E-state index in [1.165, 1.54) is 16.7 Å². The highest BCUT2D eigenvalue weighted by Gasteiger charge is 2.60. The van der Waals surface area contributed by atoms with Crippen LogP contribution < -0.4 is 16.8 Å². The molecule has 35 heavy (non-hydrogen) atoms. The summed E-state index contributed by atoms with van der Waals surface area (Å²) in [5.41, 5.74) is 11.0. The summed E-state index contributed by atoms with van der Waals surface area (Å²) in [7, 11) is 0. The summed E-state index contributed by atoms with van der Waals surface area (Å²) in [6.45, 7) is 5.45. The number of nitrogens with two attached hydrogens (primary N) is 2. The molecule has 4 heterocycles. The first-order valence-corrected chi connectivity index (χ1v) is 12.9. The van der Waals surface area contributed by atoms with Gasteiger partial charge in [0.25, 0.3) is 0 Å². The predicted molar refractivity (Wildman–Crippen MR) is 128 cm³/mol. The number of hydrogen-bond acceptors (Lipinski definition) is 8. The number of thioether (sulfide) groups is 1. The molecule has 0 aromatic heterocycles. The molecule has 6 N–H and O–H groups in total. The first kappa shape index (κ1) is 25.6. The van der Waals surface area contributed by atoms with Crippen molar-refractivity contribution in [3.05, 3.63) is 10.6 Å². The van der Waals surface area contributed by atoms with Gasteiger partial charge in [-0.2, -0.15) is 0 Å². The molecular weight excluding hydrogens is 474 g/mol. The standard InChI is InChI=1S/C23H33N5O6S/c1-10(5-13(29)6-16(25)30)17-18-11(2)20(19(23(33)34)28(18)22(17)32)35-14-7-15(26-8-14)21(31)27-4-3-12(24)9-27/h10-12,14-15,17-18,26H,3-9,24H2,1-2H3,(H2,25,30)(H,33,34)/t10-,11+,12+,14-,15-,17+,18+/m0/s1. The average molecular weight is 508 g/mol. The Labute approximate surface area is 208 Å². The maximum Gasteiger partial charge on any atom is 0.353 e. The highest BCUT2D eigenvalue weighted by atomic mass is 32.2. The van der Waals surface area contributed by atoms with Crippen LogP contribution in [0.15, 0.2) is 10.6 Å². The van der Waals surface area contributed by atoms with Gasteiger partial charge in [0.1, 0.15) is 11.5 Å². The number of carboxylic acid groups (broad SMARTS) is 1. The fourth-order valence-electron chi connectivity index (χ4n) is 5.89. The smallest absolute Gasteiger partial charge is 0.353 e. The molecule has 3 saturated heterocycles. The number of nitrogens with zero attached hydrogens (tertiary/aromatic N) is 2. The quantitative estimate of drug-likeness (QED) is 0.231. The Hall–Kier alpha value is -2.44.